The molecule has 1 atom stereocenters. The lowest BCUT2D eigenvalue weighted by Crippen LogP contribution is -2.07. The third-order valence-corrected chi connectivity index (χ3v) is 4.05. The number of hydrogen-bond donors (Lipinski definition) is 3. The molecule has 2 heterocycles. The van der Waals surface area contributed by atoms with Crippen molar-refractivity contribution in [1.82, 2.24) is 15.0 Å². The van der Waals surface area contributed by atoms with E-state index in [4.69, 9.17) is 0 Å². The minimum absolute atomic E-state index is 0. The van der Waals surface area contributed by atoms with Crippen LogP contribution in [0.5, 0.6) is 0 Å². The van der Waals surface area contributed by atoms with E-state index in [0.29, 0.717) is 0 Å². The predicted octanol–water partition coefficient (Wildman–Crippen LogP) is 5.15. The summed E-state index contributed by atoms with van der Waals surface area (Å²) in [6.07, 6.45) is 3.89. The number of fused-ring (bicyclic) bond motifs is 1. The summed E-state index contributed by atoms with van der Waals surface area (Å²) in [6.45, 7) is 2.11. The molecule has 0 fully saturated rings. The molecule has 0 aliphatic carbocycles. The van der Waals surface area contributed by atoms with Gasteiger partial charge in [-0.15, -0.1) is 12.4 Å². The first kappa shape index (κ1) is 16.1. The summed E-state index contributed by atoms with van der Waals surface area (Å²) in [5.41, 5.74) is 4.40. The van der Waals surface area contributed by atoms with Gasteiger partial charge in [-0.3, -0.25) is 0 Å². The molecule has 0 bridgehead atoms. The largest absolute Gasteiger partial charge is 0.374 e. The van der Waals surface area contributed by atoms with Crippen LogP contribution in [0.25, 0.3) is 22.2 Å². The van der Waals surface area contributed by atoms with E-state index in [1.54, 1.807) is 0 Å². The van der Waals surface area contributed by atoms with Crippen molar-refractivity contribution >= 4 is 29.0 Å². The van der Waals surface area contributed by atoms with E-state index < -0.39 is 0 Å². The first-order valence-corrected chi connectivity index (χ1v) is 7.74. The number of halogens is 1. The molecule has 0 aliphatic heterocycles. The molecular formula is C19H19ClN4. The van der Waals surface area contributed by atoms with E-state index in [0.717, 1.165) is 28.3 Å². The lowest BCUT2D eigenvalue weighted by Gasteiger charge is -2.12. The number of nitrogens with one attached hydrogen (secondary N) is 3. The molecule has 4 nitrogen and oxygen atoms in total. The molecule has 122 valence electrons. The van der Waals surface area contributed by atoms with Gasteiger partial charge in [0.25, 0.3) is 0 Å². The molecule has 0 amide bonds. The van der Waals surface area contributed by atoms with Gasteiger partial charge in [-0.1, -0.05) is 48.5 Å². The van der Waals surface area contributed by atoms with Crippen molar-refractivity contribution in [2.24, 2.45) is 0 Å². The number of aromatic amines is 2. The van der Waals surface area contributed by atoms with Crippen molar-refractivity contribution < 1.29 is 0 Å². The van der Waals surface area contributed by atoms with Crippen LogP contribution in [-0.2, 0) is 0 Å². The van der Waals surface area contributed by atoms with Crippen LogP contribution >= 0.6 is 12.4 Å². The molecule has 0 aliphatic rings. The van der Waals surface area contributed by atoms with Crippen molar-refractivity contribution in [3.05, 3.63) is 72.8 Å². The van der Waals surface area contributed by atoms with Crippen molar-refractivity contribution in [3.63, 3.8) is 0 Å². The molecule has 0 saturated heterocycles. The van der Waals surface area contributed by atoms with E-state index in [1.165, 1.54) is 5.39 Å². The maximum Gasteiger partial charge on any atom is 0.128 e. The van der Waals surface area contributed by atoms with Gasteiger partial charge in [0.1, 0.15) is 5.82 Å². The maximum absolute atomic E-state index is 4.52. The molecule has 3 N–H and O–H groups in total. The molecule has 5 heteroatoms. The zero-order chi connectivity index (χ0) is 15.6. The van der Waals surface area contributed by atoms with Crippen molar-refractivity contribution in [1.29, 1.82) is 0 Å². The smallest absolute Gasteiger partial charge is 0.128 e. The summed E-state index contributed by atoms with van der Waals surface area (Å²) in [6, 6.07) is 18.6. The van der Waals surface area contributed by atoms with Gasteiger partial charge >= 0.3 is 0 Å². The van der Waals surface area contributed by atoms with Gasteiger partial charge < -0.3 is 15.3 Å². The van der Waals surface area contributed by atoms with Crippen molar-refractivity contribution in [3.8, 4) is 11.3 Å². The lowest BCUT2D eigenvalue weighted by molar-refractivity contribution is 0.812. The summed E-state index contributed by atoms with van der Waals surface area (Å²) in [7, 11) is 0. The Labute approximate surface area is 146 Å². The minimum Gasteiger partial charge on any atom is -0.374 e. The zero-order valence-electron chi connectivity index (χ0n) is 13.3. The quantitative estimate of drug-likeness (QED) is 0.481. The van der Waals surface area contributed by atoms with Gasteiger partial charge in [0, 0.05) is 17.1 Å². The van der Waals surface area contributed by atoms with E-state index in [-0.39, 0.29) is 18.4 Å². The van der Waals surface area contributed by atoms with Crippen LogP contribution in [0.3, 0.4) is 0 Å². The molecule has 0 radical (unpaired) electrons. The average molecular weight is 339 g/mol. The Morgan fingerprint density at radius 3 is 2.58 bits per heavy atom. The molecule has 4 rings (SSSR count). The number of para-hydroxylation sites is 1. The fourth-order valence-corrected chi connectivity index (χ4v) is 2.81. The van der Waals surface area contributed by atoms with E-state index in [1.807, 2.05) is 42.7 Å². The third kappa shape index (κ3) is 3.01. The van der Waals surface area contributed by atoms with Gasteiger partial charge in [0.05, 0.1) is 23.6 Å². The number of aromatic nitrogens is 3. The summed E-state index contributed by atoms with van der Waals surface area (Å²) in [5, 5.41) is 4.71. The average Bonchev–Trinajstić information content (AvgIpc) is 3.24. The monoisotopic (exact) mass is 338 g/mol. The Bertz CT molecular complexity index is 927. The van der Waals surface area contributed by atoms with Crippen LogP contribution < -0.4 is 5.32 Å². The maximum atomic E-state index is 4.52. The highest BCUT2D eigenvalue weighted by Crippen LogP contribution is 2.27. The summed E-state index contributed by atoms with van der Waals surface area (Å²) in [4.78, 5) is 11.2. The fraction of sp³-hybridized carbons (Fsp3) is 0.105. The van der Waals surface area contributed by atoms with Crippen LogP contribution in [0.15, 0.2) is 67.0 Å². The van der Waals surface area contributed by atoms with Crippen LogP contribution in [0.2, 0.25) is 0 Å². The van der Waals surface area contributed by atoms with Crippen LogP contribution in [0, 0.1) is 0 Å². The second kappa shape index (κ2) is 6.81. The molecule has 0 saturated carbocycles. The Morgan fingerprint density at radius 1 is 1.00 bits per heavy atom. The number of imidazole rings is 1. The molecule has 2 aromatic carbocycles. The summed E-state index contributed by atoms with van der Waals surface area (Å²) < 4.78 is 0. The first-order valence-electron chi connectivity index (χ1n) is 7.74. The highest BCUT2D eigenvalue weighted by Gasteiger charge is 2.12. The SMILES string of the molecule is CC(Nc1c[nH]c2ccccc12)c1ncc(-c2ccccc2)[nH]1.Cl. The standard InChI is InChI=1S/C19H18N4.ClH/c1-13(22-18-12-20-16-10-6-5-9-15(16)18)19-21-11-17(23-19)14-7-3-2-4-8-14;/h2-13,20,22H,1H3,(H,21,23);1H. The number of H-pyrrole nitrogens is 2. The Balaban J connectivity index is 0.00000169. The van der Waals surface area contributed by atoms with Gasteiger partial charge in [-0.2, -0.15) is 0 Å². The normalized spacial score (nSPS) is 11.9. The number of benzene rings is 2. The van der Waals surface area contributed by atoms with Crippen LogP contribution in [0.1, 0.15) is 18.8 Å². The van der Waals surface area contributed by atoms with Crippen molar-refractivity contribution in [2.45, 2.75) is 13.0 Å². The van der Waals surface area contributed by atoms with Gasteiger partial charge in [-0.25, -0.2) is 4.98 Å². The minimum atomic E-state index is 0. The van der Waals surface area contributed by atoms with E-state index >= 15 is 0 Å². The predicted molar refractivity (Wildman–Crippen MR) is 102 cm³/mol. The topological polar surface area (TPSA) is 56.5 Å². The number of nitrogens with zero attached hydrogens (tertiary/aromatic N) is 1. The second-order valence-corrected chi connectivity index (χ2v) is 5.66. The highest BCUT2D eigenvalue weighted by atomic mass is 35.5. The first-order chi connectivity index (χ1) is 11.3. The van der Waals surface area contributed by atoms with Crippen LogP contribution in [0.4, 0.5) is 5.69 Å². The van der Waals surface area contributed by atoms with Gasteiger partial charge in [0.15, 0.2) is 0 Å². The van der Waals surface area contributed by atoms with Gasteiger partial charge in [0.2, 0.25) is 0 Å². The molecule has 0 spiro atoms. The molecule has 4 aromatic rings. The summed E-state index contributed by atoms with van der Waals surface area (Å²) in [5.74, 6) is 0.925. The Hall–Kier alpha value is -2.72. The molecule has 2 aromatic heterocycles. The summed E-state index contributed by atoms with van der Waals surface area (Å²) >= 11 is 0. The zero-order valence-corrected chi connectivity index (χ0v) is 14.1. The Kier molecular flexibility index (Phi) is 4.58. The third-order valence-electron chi connectivity index (χ3n) is 4.05. The van der Waals surface area contributed by atoms with E-state index in [9.17, 15) is 0 Å². The van der Waals surface area contributed by atoms with Crippen molar-refractivity contribution in [2.75, 3.05) is 5.32 Å². The molecular weight excluding hydrogens is 320 g/mol. The van der Waals surface area contributed by atoms with Crippen LogP contribution in [-0.4, -0.2) is 15.0 Å². The highest BCUT2D eigenvalue weighted by molar-refractivity contribution is 5.92. The lowest BCUT2D eigenvalue weighted by atomic mass is 10.2. The fourth-order valence-electron chi connectivity index (χ4n) is 2.81. The molecule has 24 heavy (non-hydrogen) atoms. The second-order valence-electron chi connectivity index (χ2n) is 5.66. The van der Waals surface area contributed by atoms with Gasteiger partial charge in [-0.05, 0) is 18.6 Å². The number of anilines is 1. The number of rotatable bonds is 4. The van der Waals surface area contributed by atoms with E-state index in [2.05, 4.69) is 51.5 Å². The Morgan fingerprint density at radius 2 is 1.75 bits per heavy atom. The number of hydrogen-bond acceptors (Lipinski definition) is 2. The molecule has 1 unspecified atom stereocenters.